The Kier molecular flexibility index (Phi) is 6.11. The fourth-order valence-electron chi connectivity index (χ4n) is 4.18. The number of carbonyl (C=O) groups is 1. The number of nitrogens with zero attached hydrogens (tertiary/aromatic N) is 1. The first kappa shape index (κ1) is 20.5. The number of ether oxygens (including phenoxy) is 1. The maximum Gasteiger partial charge on any atom is 0.252 e. The molecule has 0 unspecified atom stereocenters. The molecule has 5 nitrogen and oxygen atoms in total. The molecule has 2 heterocycles. The lowest BCUT2D eigenvalue weighted by molar-refractivity contribution is -0.906. The minimum absolute atomic E-state index is 0.0355. The molecular formula is C25H30N3O2+. The molecule has 30 heavy (non-hydrogen) atoms. The summed E-state index contributed by atoms with van der Waals surface area (Å²) >= 11 is 0. The molecule has 1 amide bonds. The summed E-state index contributed by atoms with van der Waals surface area (Å²) < 4.78 is 5.41. The van der Waals surface area contributed by atoms with Gasteiger partial charge in [0.25, 0.3) is 5.91 Å². The molecule has 2 N–H and O–H groups in total. The topological polar surface area (TPSA) is 55.7 Å². The number of hydrogen-bond donors (Lipinski definition) is 2. The Labute approximate surface area is 178 Å². The number of hydrogen-bond acceptors (Lipinski definition) is 3. The molecule has 0 aliphatic carbocycles. The molecule has 1 aliphatic heterocycles. The molecule has 156 valence electrons. The molecule has 1 saturated heterocycles. The number of carbonyl (C=O) groups excluding carboxylic acids is 1. The standard InChI is InChI=1S/C25H29N3O2/c1-17-7-8-20(19(3)15-17)23-16-22(21-6-4-5-18(2)24(21)27-23)25(29)26-9-10-28-11-13-30-14-12-28/h4-8,15-16H,9-14H2,1-3H3,(H,26,29)/p+1. The van der Waals surface area contributed by atoms with E-state index in [0.29, 0.717) is 12.1 Å². The summed E-state index contributed by atoms with van der Waals surface area (Å²) in [5.41, 5.74) is 6.95. The van der Waals surface area contributed by atoms with E-state index in [9.17, 15) is 4.79 Å². The normalized spacial score (nSPS) is 14.8. The summed E-state index contributed by atoms with van der Waals surface area (Å²) in [6.07, 6.45) is 0. The van der Waals surface area contributed by atoms with Crippen LogP contribution < -0.4 is 10.2 Å². The zero-order valence-electron chi connectivity index (χ0n) is 18.0. The molecule has 3 aromatic rings. The zero-order chi connectivity index (χ0) is 21.1. The van der Waals surface area contributed by atoms with Crippen LogP contribution in [0.1, 0.15) is 27.0 Å². The van der Waals surface area contributed by atoms with E-state index in [1.54, 1.807) is 0 Å². The quantitative estimate of drug-likeness (QED) is 0.687. The first-order valence-electron chi connectivity index (χ1n) is 10.7. The maximum atomic E-state index is 13.2. The molecule has 1 aliphatic rings. The highest BCUT2D eigenvalue weighted by molar-refractivity contribution is 6.07. The fraction of sp³-hybridized carbons (Fsp3) is 0.360. The van der Waals surface area contributed by atoms with Crippen molar-refractivity contribution in [2.24, 2.45) is 0 Å². The van der Waals surface area contributed by atoms with Crippen LogP contribution in [0, 0.1) is 20.8 Å². The van der Waals surface area contributed by atoms with Gasteiger partial charge in [0, 0.05) is 10.9 Å². The minimum Gasteiger partial charge on any atom is -0.370 e. The smallest absolute Gasteiger partial charge is 0.252 e. The van der Waals surface area contributed by atoms with Crippen LogP contribution in [0.25, 0.3) is 22.2 Å². The number of rotatable bonds is 5. The largest absolute Gasteiger partial charge is 0.370 e. The Morgan fingerprint density at radius 1 is 1.07 bits per heavy atom. The van der Waals surface area contributed by atoms with Gasteiger partial charge in [-0.25, -0.2) is 4.98 Å². The maximum absolute atomic E-state index is 13.2. The molecule has 0 spiro atoms. The highest BCUT2D eigenvalue weighted by Gasteiger charge is 2.17. The average Bonchev–Trinajstić information content (AvgIpc) is 2.74. The summed E-state index contributed by atoms with van der Waals surface area (Å²) in [5.74, 6) is -0.0355. The number of nitrogens with one attached hydrogen (secondary N) is 2. The molecule has 2 aromatic carbocycles. The van der Waals surface area contributed by atoms with Crippen molar-refractivity contribution in [3.63, 3.8) is 0 Å². The summed E-state index contributed by atoms with van der Waals surface area (Å²) in [7, 11) is 0. The van der Waals surface area contributed by atoms with Gasteiger partial charge in [0.2, 0.25) is 0 Å². The van der Waals surface area contributed by atoms with E-state index in [4.69, 9.17) is 9.72 Å². The Hall–Kier alpha value is -2.76. The lowest BCUT2D eigenvalue weighted by Gasteiger charge is -2.23. The van der Waals surface area contributed by atoms with Crippen LogP contribution in [0.15, 0.2) is 42.5 Å². The van der Waals surface area contributed by atoms with Crippen molar-refractivity contribution in [3.8, 4) is 11.3 Å². The van der Waals surface area contributed by atoms with Gasteiger partial charge in [-0.3, -0.25) is 4.79 Å². The Balaban J connectivity index is 1.65. The summed E-state index contributed by atoms with van der Waals surface area (Å²) in [4.78, 5) is 19.6. The number of para-hydroxylation sites is 1. The fourth-order valence-corrected chi connectivity index (χ4v) is 4.18. The van der Waals surface area contributed by atoms with Gasteiger partial charge in [0.1, 0.15) is 13.1 Å². The number of aromatic nitrogens is 1. The second-order valence-electron chi connectivity index (χ2n) is 8.21. The number of quaternary nitrogens is 1. The highest BCUT2D eigenvalue weighted by Crippen LogP contribution is 2.29. The molecule has 0 bridgehead atoms. The highest BCUT2D eigenvalue weighted by atomic mass is 16.5. The number of amides is 1. The van der Waals surface area contributed by atoms with Crippen LogP contribution in [0.5, 0.6) is 0 Å². The summed E-state index contributed by atoms with van der Waals surface area (Å²) in [6.45, 7) is 11.4. The molecule has 1 aromatic heterocycles. The second-order valence-corrected chi connectivity index (χ2v) is 8.21. The van der Waals surface area contributed by atoms with Gasteiger partial charge in [0.05, 0.1) is 43.1 Å². The molecule has 5 heteroatoms. The number of pyridine rings is 1. The van der Waals surface area contributed by atoms with Crippen molar-refractivity contribution in [2.45, 2.75) is 20.8 Å². The predicted octanol–water partition coefficient (Wildman–Crippen LogP) is 2.47. The van der Waals surface area contributed by atoms with Crippen LogP contribution in [-0.2, 0) is 4.74 Å². The van der Waals surface area contributed by atoms with E-state index in [-0.39, 0.29) is 5.91 Å². The van der Waals surface area contributed by atoms with Gasteiger partial charge in [-0.2, -0.15) is 0 Å². The number of benzene rings is 2. The van der Waals surface area contributed by atoms with E-state index >= 15 is 0 Å². The third kappa shape index (κ3) is 4.37. The Morgan fingerprint density at radius 2 is 1.87 bits per heavy atom. The van der Waals surface area contributed by atoms with Crippen LogP contribution >= 0.6 is 0 Å². The van der Waals surface area contributed by atoms with Crippen molar-refractivity contribution in [1.82, 2.24) is 10.3 Å². The Bertz CT molecular complexity index is 1070. The average molecular weight is 405 g/mol. The van der Waals surface area contributed by atoms with E-state index in [2.05, 4.69) is 37.4 Å². The molecule has 0 saturated carbocycles. The zero-order valence-corrected chi connectivity index (χ0v) is 18.0. The molecular weight excluding hydrogens is 374 g/mol. The van der Waals surface area contributed by atoms with Crippen LogP contribution in [0.2, 0.25) is 0 Å². The van der Waals surface area contributed by atoms with Gasteiger partial charge in [-0.05, 0) is 38.0 Å². The SMILES string of the molecule is Cc1ccc(-c2cc(C(=O)NCC[NH+]3CCOCC3)c3cccc(C)c3n2)c(C)c1. The summed E-state index contributed by atoms with van der Waals surface area (Å²) in [6, 6.07) is 14.3. The number of aryl methyl sites for hydroxylation is 3. The third-order valence-corrected chi connectivity index (χ3v) is 5.91. The van der Waals surface area contributed by atoms with E-state index in [1.165, 1.54) is 10.5 Å². The Morgan fingerprint density at radius 3 is 2.63 bits per heavy atom. The summed E-state index contributed by atoms with van der Waals surface area (Å²) in [5, 5.41) is 4.03. The first-order valence-corrected chi connectivity index (χ1v) is 10.7. The monoisotopic (exact) mass is 404 g/mol. The lowest BCUT2D eigenvalue weighted by Crippen LogP contribution is -3.14. The minimum atomic E-state index is -0.0355. The van der Waals surface area contributed by atoms with Gasteiger partial charge in [-0.1, -0.05) is 42.0 Å². The van der Waals surface area contributed by atoms with Gasteiger partial charge < -0.3 is 15.0 Å². The first-order chi connectivity index (χ1) is 14.5. The second kappa shape index (κ2) is 8.94. The van der Waals surface area contributed by atoms with Gasteiger partial charge in [-0.15, -0.1) is 0 Å². The van der Waals surface area contributed by atoms with E-state index in [0.717, 1.165) is 66.1 Å². The van der Waals surface area contributed by atoms with Crippen molar-refractivity contribution >= 4 is 16.8 Å². The van der Waals surface area contributed by atoms with Crippen LogP contribution in [0.4, 0.5) is 0 Å². The molecule has 4 rings (SSSR count). The van der Waals surface area contributed by atoms with Crippen molar-refractivity contribution in [3.05, 3.63) is 64.7 Å². The van der Waals surface area contributed by atoms with Crippen molar-refractivity contribution < 1.29 is 14.4 Å². The molecule has 0 atom stereocenters. The van der Waals surface area contributed by atoms with Crippen molar-refractivity contribution in [2.75, 3.05) is 39.4 Å². The van der Waals surface area contributed by atoms with Crippen LogP contribution in [-0.4, -0.2) is 50.3 Å². The van der Waals surface area contributed by atoms with Crippen LogP contribution in [0.3, 0.4) is 0 Å². The molecule has 0 radical (unpaired) electrons. The van der Waals surface area contributed by atoms with Gasteiger partial charge in [0.15, 0.2) is 0 Å². The number of morpholine rings is 1. The van der Waals surface area contributed by atoms with E-state index in [1.807, 2.05) is 31.2 Å². The van der Waals surface area contributed by atoms with Crippen molar-refractivity contribution in [1.29, 1.82) is 0 Å². The number of fused-ring (bicyclic) bond motifs is 1. The van der Waals surface area contributed by atoms with Gasteiger partial charge >= 0.3 is 0 Å². The predicted molar refractivity (Wildman–Crippen MR) is 120 cm³/mol. The molecule has 1 fully saturated rings. The van der Waals surface area contributed by atoms with E-state index < -0.39 is 0 Å². The third-order valence-electron chi connectivity index (χ3n) is 5.91. The lowest BCUT2D eigenvalue weighted by atomic mass is 9.98.